The number of hydrogen-bond donors (Lipinski definition) is 3. The van der Waals surface area contributed by atoms with E-state index in [9.17, 15) is 4.79 Å². The van der Waals surface area contributed by atoms with E-state index in [0.29, 0.717) is 5.13 Å². The lowest BCUT2D eigenvalue weighted by atomic mass is 10.1. The van der Waals surface area contributed by atoms with Gasteiger partial charge in [-0.2, -0.15) is 0 Å². The summed E-state index contributed by atoms with van der Waals surface area (Å²) in [6.45, 7) is 2.00. The Bertz CT molecular complexity index is 608. The average molecular weight is 305 g/mol. The number of rotatable bonds is 7. The second-order valence-corrected chi connectivity index (χ2v) is 5.89. The van der Waals surface area contributed by atoms with Gasteiger partial charge in [0.05, 0.1) is 5.69 Å². The molecule has 1 heterocycles. The van der Waals surface area contributed by atoms with Gasteiger partial charge in [0.1, 0.15) is 6.54 Å². The molecule has 2 rings (SSSR count). The smallest absolute Gasteiger partial charge is 0.322 e. The van der Waals surface area contributed by atoms with Gasteiger partial charge in [0.2, 0.25) is 0 Å². The number of benzene rings is 1. The highest BCUT2D eigenvalue weighted by molar-refractivity contribution is 7.15. The molecule has 1 aromatic carbocycles. The highest BCUT2D eigenvalue weighted by Gasteiger charge is 2.12. The third-order valence-corrected chi connectivity index (χ3v) is 4.06. The zero-order chi connectivity index (χ0) is 15.2. The van der Waals surface area contributed by atoms with Crippen LogP contribution in [0, 0.1) is 0 Å². The number of aromatic nitrogens is 1. The van der Waals surface area contributed by atoms with Gasteiger partial charge in [0.15, 0.2) is 5.13 Å². The van der Waals surface area contributed by atoms with Crippen molar-refractivity contribution in [2.75, 3.05) is 17.6 Å². The molecule has 0 spiro atoms. The van der Waals surface area contributed by atoms with Gasteiger partial charge in [0, 0.05) is 17.0 Å². The van der Waals surface area contributed by atoms with E-state index < -0.39 is 5.97 Å². The van der Waals surface area contributed by atoms with Gasteiger partial charge in [-0.3, -0.25) is 4.79 Å². The van der Waals surface area contributed by atoms with Crippen molar-refractivity contribution in [2.24, 2.45) is 0 Å². The monoisotopic (exact) mass is 305 g/mol. The van der Waals surface area contributed by atoms with Crippen LogP contribution >= 0.6 is 11.3 Å². The van der Waals surface area contributed by atoms with E-state index in [0.717, 1.165) is 30.6 Å². The number of carbonyl (C=O) groups is 1. The van der Waals surface area contributed by atoms with E-state index in [1.54, 1.807) is 0 Å². The summed E-state index contributed by atoms with van der Waals surface area (Å²) in [6, 6.07) is 7.79. The Morgan fingerprint density at radius 3 is 2.71 bits per heavy atom. The largest absolute Gasteiger partial charge is 0.480 e. The zero-order valence-electron chi connectivity index (χ0n) is 11.9. The predicted octanol–water partition coefficient (Wildman–Crippen LogP) is 2.77. The Balaban J connectivity index is 2.15. The van der Waals surface area contributed by atoms with E-state index in [4.69, 9.17) is 10.8 Å². The Hall–Kier alpha value is -2.08. The van der Waals surface area contributed by atoms with Gasteiger partial charge in [-0.15, -0.1) is 11.3 Å². The number of nitrogen functional groups attached to an aromatic ring is 1. The first-order chi connectivity index (χ1) is 10.1. The number of nitrogens with one attached hydrogen (secondary N) is 1. The zero-order valence-corrected chi connectivity index (χ0v) is 12.7. The summed E-state index contributed by atoms with van der Waals surface area (Å²) >= 11 is 1.52. The molecule has 4 N–H and O–H groups in total. The van der Waals surface area contributed by atoms with Crippen molar-refractivity contribution >= 4 is 28.1 Å². The standard InChI is InChI=1S/C15H19N3O2S/c1-2-3-12-13(8-10-4-6-11(16)7-5-10)21-15(18-12)17-9-14(19)20/h4-7H,2-3,8-9,16H2,1H3,(H,17,18)(H,19,20). The van der Waals surface area contributed by atoms with Crippen LogP contribution in [0.4, 0.5) is 10.8 Å². The third-order valence-electron chi connectivity index (χ3n) is 3.00. The van der Waals surface area contributed by atoms with Gasteiger partial charge in [-0.1, -0.05) is 25.5 Å². The van der Waals surface area contributed by atoms with Crippen molar-refractivity contribution in [2.45, 2.75) is 26.2 Å². The van der Waals surface area contributed by atoms with Crippen molar-refractivity contribution in [3.8, 4) is 0 Å². The third kappa shape index (κ3) is 4.46. The van der Waals surface area contributed by atoms with Crippen LogP contribution in [-0.4, -0.2) is 22.6 Å². The molecule has 0 fully saturated rings. The number of carboxylic acids is 1. The number of anilines is 2. The molecule has 112 valence electrons. The van der Waals surface area contributed by atoms with E-state index in [-0.39, 0.29) is 6.54 Å². The molecule has 0 amide bonds. The van der Waals surface area contributed by atoms with Crippen LogP contribution in [0.2, 0.25) is 0 Å². The highest BCUT2D eigenvalue weighted by atomic mass is 32.1. The summed E-state index contributed by atoms with van der Waals surface area (Å²) in [6.07, 6.45) is 2.70. The van der Waals surface area contributed by atoms with E-state index in [1.807, 2.05) is 24.3 Å². The lowest BCUT2D eigenvalue weighted by molar-refractivity contribution is -0.134. The molecule has 5 nitrogen and oxygen atoms in total. The number of thiazole rings is 1. The first kappa shape index (κ1) is 15.3. The number of aliphatic carboxylic acids is 1. The molecule has 0 aliphatic rings. The van der Waals surface area contributed by atoms with Gasteiger partial charge in [-0.05, 0) is 24.1 Å². The number of nitrogens with zero attached hydrogens (tertiary/aromatic N) is 1. The minimum atomic E-state index is -0.887. The molecule has 6 heteroatoms. The van der Waals surface area contributed by atoms with Crippen molar-refractivity contribution in [3.05, 3.63) is 40.4 Å². The van der Waals surface area contributed by atoms with E-state index >= 15 is 0 Å². The predicted molar refractivity (Wildman–Crippen MR) is 85.9 cm³/mol. The average Bonchev–Trinajstić information content (AvgIpc) is 2.82. The van der Waals surface area contributed by atoms with Crippen molar-refractivity contribution in [1.29, 1.82) is 0 Å². The minimum absolute atomic E-state index is 0.111. The first-order valence-electron chi connectivity index (χ1n) is 6.87. The Labute approximate surface area is 127 Å². The first-order valence-corrected chi connectivity index (χ1v) is 7.68. The lowest BCUT2D eigenvalue weighted by Gasteiger charge is -2.02. The maximum atomic E-state index is 10.6. The molecule has 0 aliphatic heterocycles. The maximum absolute atomic E-state index is 10.6. The molecular formula is C15H19N3O2S. The number of hydrogen-bond acceptors (Lipinski definition) is 5. The summed E-state index contributed by atoms with van der Waals surface area (Å²) in [5.74, 6) is -0.887. The Morgan fingerprint density at radius 1 is 1.38 bits per heavy atom. The molecular weight excluding hydrogens is 286 g/mol. The summed E-state index contributed by atoms with van der Waals surface area (Å²) in [5, 5.41) is 12.2. The van der Waals surface area contributed by atoms with Crippen LogP contribution in [-0.2, 0) is 17.6 Å². The van der Waals surface area contributed by atoms with Gasteiger partial charge < -0.3 is 16.2 Å². The van der Waals surface area contributed by atoms with Gasteiger partial charge in [0.25, 0.3) is 0 Å². The number of aryl methyl sites for hydroxylation is 1. The van der Waals surface area contributed by atoms with E-state index in [1.165, 1.54) is 21.8 Å². The molecule has 0 radical (unpaired) electrons. The van der Waals surface area contributed by atoms with Crippen LogP contribution in [0.3, 0.4) is 0 Å². The fourth-order valence-electron chi connectivity index (χ4n) is 2.00. The van der Waals surface area contributed by atoms with Crippen LogP contribution < -0.4 is 11.1 Å². The minimum Gasteiger partial charge on any atom is -0.480 e. The molecule has 2 aromatic rings. The summed E-state index contributed by atoms with van der Waals surface area (Å²) in [5.41, 5.74) is 8.67. The fourth-order valence-corrected chi connectivity index (χ4v) is 3.04. The van der Waals surface area contributed by atoms with Crippen molar-refractivity contribution in [3.63, 3.8) is 0 Å². The fraction of sp³-hybridized carbons (Fsp3) is 0.333. The molecule has 0 aliphatic carbocycles. The quantitative estimate of drug-likeness (QED) is 0.685. The molecule has 0 unspecified atom stereocenters. The van der Waals surface area contributed by atoms with Crippen molar-refractivity contribution in [1.82, 2.24) is 4.98 Å². The Morgan fingerprint density at radius 2 is 2.10 bits per heavy atom. The van der Waals surface area contributed by atoms with Crippen LogP contribution in [0.25, 0.3) is 0 Å². The van der Waals surface area contributed by atoms with Crippen LogP contribution in [0.1, 0.15) is 29.5 Å². The van der Waals surface area contributed by atoms with Crippen molar-refractivity contribution < 1.29 is 9.90 Å². The summed E-state index contributed by atoms with van der Waals surface area (Å²) in [7, 11) is 0. The van der Waals surface area contributed by atoms with E-state index in [2.05, 4.69) is 17.2 Å². The second-order valence-electron chi connectivity index (χ2n) is 4.80. The maximum Gasteiger partial charge on any atom is 0.322 e. The number of nitrogens with two attached hydrogens (primary N) is 1. The Kier molecular flexibility index (Phi) is 5.16. The second kappa shape index (κ2) is 7.08. The van der Waals surface area contributed by atoms with Gasteiger partial charge in [-0.25, -0.2) is 4.98 Å². The highest BCUT2D eigenvalue weighted by Crippen LogP contribution is 2.27. The SMILES string of the molecule is CCCc1nc(NCC(=O)O)sc1Cc1ccc(N)cc1. The molecule has 21 heavy (non-hydrogen) atoms. The van der Waals surface area contributed by atoms with Crippen LogP contribution in [0.15, 0.2) is 24.3 Å². The van der Waals surface area contributed by atoms with Crippen LogP contribution in [0.5, 0.6) is 0 Å². The molecule has 0 atom stereocenters. The topological polar surface area (TPSA) is 88.2 Å². The number of carboxylic acid groups (broad SMARTS) is 1. The molecule has 0 saturated carbocycles. The molecule has 0 bridgehead atoms. The molecule has 0 saturated heterocycles. The summed E-state index contributed by atoms with van der Waals surface area (Å²) < 4.78 is 0. The summed E-state index contributed by atoms with van der Waals surface area (Å²) in [4.78, 5) is 16.3. The normalized spacial score (nSPS) is 10.5. The van der Waals surface area contributed by atoms with Gasteiger partial charge >= 0.3 is 5.97 Å². The molecule has 1 aromatic heterocycles. The lowest BCUT2D eigenvalue weighted by Crippen LogP contribution is -2.11.